The maximum atomic E-state index is 12.9. The summed E-state index contributed by atoms with van der Waals surface area (Å²) in [6.07, 6.45) is -0.222. The van der Waals surface area contributed by atoms with Crippen molar-refractivity contribution in [3.63, 3.8) is 0 Å². The van der Waals surface area contributed by atoms with Gasteiger partial charge in [0.1, 0.15) is 6.16 Å². The third kappa shape index (κ3) is 8.51. The van der Waals surface area contributed by atoms with Gasteiger partial charge >= 0.3 is 0 Å². The number of nitrogens with zero attached hydrogens (tertiary/aromatic N) is 1. The average Bonchev–Trinajstić information content (AvgIpc) is 2.73. The van der Waals surface area contributed by atoms with E-state index in [2.05, 4.69) is 0 Å². The molecule has 0 heterocycles. The highest BCUT2D eigenvalue weighted by atomic mass is 35.5. The molecule has 33 heavy (non-hydrogen) atoms. The number of hydrogen-bond donors (Lipinski definition) is 2. The van der Waals surface area contributed by atoms with Crippen LogP contribution >= 0.6 is 54.1 Å². The molecule has 0 aromatic heterocycles. The van der Waals surface area contributed by atoms with Crippen LogP contribution in [0.25, 0.3) is 0 Å². The quantitative estimate of drug-likeness (QED) is 0.272. The largest absolute Gasteiger partial charge is 0.294 e. The van der Waals surface area contributed by atoms with Gasteiger partial charge in [-0.3, -0.25) is 9.69 Å². The molecule has 0 fully saturated rings. The Morgan fingerprint density at radius 1 is 0.727 bits per heavy atom. The van der Waals surface area contributed by atoms with Crippen molar-refractivity contribution < 1.29 is 14.6 Å². The van der Waals surface area contributed by atoms with E-state index in [1.54, 1.807) is 24.3 Å². The number of rotatable bonds is 10. The summed E-state index contributed by atoms with van der Waals surface area (Å²) in [7, 11) is -3.42. The lowest BCUT2D eigenvalue weighted by molar-refractivity contribution is -0.118. The number of Topliss-reactive ketones (excluding diaryl/α,β-unsaturated/α-hetero) is 1. The molecule has 174 valence electrons. The van der Waals surface area contributed by atoms with Gasteiger partial charge in [-0.2, -0.15) is 0 Å². The van der Waals surface area contributed by atoms with Crippen LogP contribution in [-0.2, 0) is 24.0 Å². The van der Waals surface area contributed by atoms with Crippen molar-refractivity contribution in [1.29, 1.82) is 0 Å². The molecule has 0 unspecified atom stereocenters. The first-order valence-corrected chi connectivity index (χ1v) is 13.7. The van der Waals surface area contributed by atoms with E-state index in [9.17, 15) is 14.6 Å². The van der Waals surface area contributed by atoms with Crippen LogP contribution in [0.5, 0.6) is 0 Å². The van der Waals surface area contributed by atoms with Crippen LogP contribution in [0.3, 0.4) is 0 Å². The van der Waals surface area contributed by atoms with E-state index in [0.717, 1.165) is 16.7 Å². The van der Waals surface area contributed by atoms with Crippen LogP contribution in [-0.4, -0.2) is 33.2 Å². The van der Waals surface area contributed by atoms with Crippen molar-refractivity contribution in [2.24, 2.45) is 0 Å². The Balaban J connectivity index is 1.73. The van der Waals surface area contributed by atoms with Crippen molar-refractivity contribution in [2.45, 2.75) is 19.3 Å². The lowest BCUT2D eigenvalue weighted by atomic mass is 10.1. The summed E-state index contributed by atoms with van der Waals surface area (Å²) in [5.41, 5.74) is 2.53. The highest BCUT2D eigenvalue weighted by Gasteiger charge is 2.37. The van der Waals surface area contributed by atoms with Gasteiger partial charge in [-0.05, 0) is 41.0 Å². The van der Waals surface area contributed by atoms with Crippen LogP contribution < -0.4 is 0 Å². The Morgan fingerprint density at radius 2 is 1.24 bits per heavy atom. The molecule has 0 atom stereocenters. The minimum absolute atomic E-state index is 0.0259. The number of ketones is 1. The van der Waals surface area contributed by atoms with E-state index in [1.807, 2.05) is 47.4 Å². The predicted molar refractivity (Wildman–Crippen MR) is 138 cm³/mol. The summed E-state index contributed by atoms with van der Waals surface area (Å²) >= 11 is 24.4. The number of halogens is 4. The Labute approximate surface area is 214 Å². The number of benzene rings is 3. The van der Waals surface area contributed by atoms with E-state index < -0.39 is 7.72 Å². The smallest absolute Gasteiger partial charge is 0.279 e. The second kappa shape index (κ2) is 12.0. The molecule has 2 N–H and O–H groups in total. The highest BCUT2D eigenvalue weighted by Crippen LogP contribution is 2.52. The molecule has 9 heteroatoms. The van der Waals surface area contributed by atoms with Gasteiger partial charge in [0.05, 0.1) is 26.6 Å². The predicted octanol–water partition coefficient (Wildman–Crippen LogP) is 6.90. The first-order chi connectivity index (χ1) is 15.6. The molecule has 0 aliphatic carbocycles. The molecule has 3 rings (SSSR count). The van der Waals surface area contributed by atoms with E-state index >= 15 is 0 Å². The van der Waals surface area contributed by atoms with Crippen LogP contribution in [0, 0.1) is 0 Å². The zero-order chi connectivity index (χ0) is 24.0. The Bertz CT molecular complexity index is 1060. The molecule has 0 radical (unpaired) electrons. The normalized spacial score (nSPS) is 11.7. The lowest BCUT2D eigenvalue weighted by Crippen LogP contribution is -2.31. The zero-order valence-corrected chi connectivity index (χ0v) is 21.5. The van der Waals surface area contributed by atoms with Gasteiger partial charge in [-0.25, -0.2) is 9.79 Å². The fourth-order valence-corrected chi connectivity index (χ4v) is 5.69. The molecule has 0 aliphatic rings. The SMILES string of the molecule is O=C(CN(Cc1ccc(Cl)c(Cl)c1)Cc1ccc(Cl)c(Cl)c1)C[P+](O)(O)Cc1ccccc1. The fourth-order valence-electron chi connectivity index (χ4n) is 3.47. The Morgan fingerprint density at radius 3 is 1.73 bits per heavy atom. The average molecular weight is 546 g/mol. The van der Waals surface area contributed by atoms with Gasteiger partial charge in [-0.1, -0.05) is 88.9 Å². The van der Waals surface area contributed by atoms with Gasteiger partial charge in [0.2, 0.25) is 0 Å². The topological polar surface area (TPSA) is 60.8 Å². The summed E-state index contributed by atoms with van der Waals surface area (Å²) in [5, 5.41) is 1.74. The molecule has 3 aromatic rings. The van der Waals surface area contributed by atoms with Crippen LogP contribution in [0.4, 0.5) is 0 Å². The van der Waals surface area contributed by atoms with Crippen LogP contribution in [0.2, 0.25) is 20.1 Å². The summed E-state index contributed by atoms with van der Waals surface area (Å²) < 4.78 is 0. The fraction of sp³-hybridized carbons (Fsp3) is 0.208. The molecule has 0 bridgehead atoms. The van der Waals surface area contributed by atoms with Crippen molar-refractivity contribution in [1.82, 2.24) is 4.90 Å². The van der Waals surface area contributed by atoms with Crippen molar-refractivity contribution in [3.05, 3.63) is 104 Å². The minimum atomic E-state index is -3.42. The van der Waals surface area contributed by atoms with Crippen molar-refractivity contribution >= 4 is 59.9 Å². The van der Waals surface area contributed by atoms with Gasteiger partial charge in [0.15, 0.2) is 11.9 Å². The standard InChI is InChI=1S/C24H23Cl4NO3P/c25-21-8-6-18(10-23(21)27)12-29(13-19-7-9-22(26)24(28)11-19)14-20(30)16-33(31,32)15-17-4-2-1-3-5-17/h1-11,31-32H,12-16H2/q+1. The summed E-state index contributed by atoms with van der Waals surface area (Å²) in [4.78, 5) is 35.8. The van der Waals surface area contributed by atoms with Crippen molar-refractivity contribution in [3.8, 4) is 0 Å². The van der Waals surface area contributed by atoms with E-state index in [0.29, 0.717) is 33.2 Å². The maximum Gasteiger partial charge on any atom is 0.279 e. The molecular weight excluding hydrogens is 523 g/mol. The number of carbonyl (C=O) groups is 1. The second-order valence-electron chi connectivity index (χ2n) is 7.86. The molecule has 0 aliphatic heterocycles. The molecule has 3 aromatic carbocycles. The van der Waals surface area contributed by atoms with Gasteiger partial charge in [-0.15, -0.1) is 0 Å². The monoisotopic (exact) mass is 544 g/mol. The number of hydrogen-bond acceptors (Lipinski definition) is 4. The Kier molecular flexibility index (Phi) is 9.58. The summed E-state index contributed by atoms with van der Waals surface area (Å²) in [6.45, 7) is 0.839. The highest BCUT2D eigenvalue weighted by molar-refractivity contribution is 7.64. The molecule has 0 spiro atoms. The molecule has 0 saturated carbocycles. The molecule has 4 nitrogen and oxygen atoms in total. The van der Waals surface area contributed by atoms with Crippen molar-refractivity contribution in [2.75, 3.05) is 12.7 Å². The van der Waals surface area contributed by atoms with E-state index in [-0.39, 0.29) is 24.7 Å². The number of carbonyl (C=O) groups excluding carboxylic acids is 1. The van der Waals surface area contributed by atoms with Gasteiger partial charge in [0.25, 0.3) is 7.72 Å². The van der Waals surface area contributed by atoms with Crippen LogP contribution in [0.15, 0.2) is 66.7 Å². The molecular formula is C24H23Cl4NO3P+. The third-order valence-corrected chi connectivity index (χ3v) is 8.10. The summed E-state index contributed by atoms with van der Waals surface area (Å²) in [5.74, 6) is -0.260. The van der Waals surface area contributed by atoms with Gasteiger partial charge in [0, 0.05) is 13.1 Å². The first kappa shape index (κ1) is 26.4. The van der Waals surface area contributed by atoms with Crippen LogP contribution in [0.1, 0.15) is 16.7 Å². The zero-order valence-electron chi connectivity index (χ0n) is 17.6. The minimum Gasteiger partial charge on any atom is -0.294 e. The van der Waals surface area contributed by atoms with Gasteiger partial charge < -0.3 is 0 Å². The van der Waals surface area contributed by atoms with E-state index in [4.69, 9.17) is 46.4 Å². The maximum absolute atomic E-state index is 12.9. The molecule has 0 saturated heterocycles. The third-order valence-electron chi connectivity index (χ3n) is 4.89. The summed E-state index contributed by atoms with van der Waals surface area (Å²) in [6, 6.07) is 19.7. The Hall–Kier alpha value is -1.20. The molecule has 0 amide bonds. The second-order valence-corrected chi connectivity index (χ2v) is 11.9. The lowest BCUT2D eigenvalue weighted by Gasteiger charge is -2.23. The van der Waals surface area contributed by atoms with E-state index in [1.165, 1.54) is 0 Å². The first-order valence-electron chi connectivity index (χ1n) is 10.1.